The maximum absolute atomic E-state index is 13.8. The predicted molar refractivity (Wildman–Crippen MR) is 84.1 cm³/mol. The van der Waals surface area contributed by atoms with Crippen LogP contribution in [0.15, 0.2) is 36.4 Å². The van der Waals surface area contributed by atoms with Crippen LogP contribution >= 0.6 is 11.3 Å². The molecule has 1 aromatic heterocycles. The van der Waals surface area contributed by atoms with Crippen LogP contribution in [0.2, 0.25) is 0 Å². The van der Waals surface area contributed by atoms with Crippen LogP contribution in [0.1, 0.15) is 41.8 Å². The van der Waals surface area contributed by atoms with Crippen molar-refractivity contribution in [2.24, 2.45) is 0 Å². The fourth-order valence-electron chi connectivity index (χ4n) is 2.77. The first-order chi connectivity index (χ1) is 10.2. The third-order valence-electron chi connectivity index (χ3n) is 3.91. The molecule has 0 spiro atoms. The maximum Gasteiger partial charge on any atom is 0.261 e. The van der Waals surface area contributed by atoms with E-state index in [2.05, 4.69) is 5.32 Å². The lowest BCUT2D eigenvalue weighted by Crippen LogP contribution is -2.35. The Labute approximate surface area is 128 Å². The third kappa shape index (κ3) is 3.32. The van der Waals surface area contributed by atoms with E-state index in [9.17, 15) is 9.18 Å². The van der Waals surface area contributed by atoms with Crippen molar-refractivity contribution >= 4 is 17.2 Å². The van der Waals surface area contributed by atoms with Crippen LogP contribution in [0.5, 0.6) is 0 Å². The molecular weight excluding hydrogens is 285 g/mol. The Morgan fingerprint density at radius 3 is 2.62 bits per heavy atom. The fourth-order valence-corrected chi connectivity index (χ4v) is 3.71. The third-order valence-corrected chi connectivity index (χ3v) is 5.03. The number of amides is 1. The lowest BCUT2D eigenvalue weighted by atomic mass is 9.95. The zero-order chi connectivity index (χ0) is 14.7. The minimum atomic E-state index is -0.251. The van der Waals surface area contributed by atoms with E-state index in [1.807, 2.05) is 6.07 Å². The molecule has 1 heterocycles. The van der Waals surface area contributed by atoms with Crippen LogP contribution in [-0.4, -0.2) is 11.9 Å². The number of rotatable bonds is 3. The summed E-state index contributed by atoms with van der Waals surface area (Å²) in [5, 5.41) is 3.09. The number of thiophene rings is 1. The highest BCUT2D eigenvalue weighted by atomic mass is 32.1. The van der Waals surface area contributed by atoms with Crippen LogP contribution in [0.3, 0.4) is 0 Å². The van der Waals surface area contributed by atoms with E-state index < -0.39 is 0 Å². The van der Waals surface area contributed by atoms with Crippen molar-refractivity contribution in [3.63, 3.8) is 0 Å². The first kappa shape index (κ1) is 14.3. The van der Waals surface area contributed by atoms with Crippen LogP contribution in [0.25, 0.3) is 10.4 Å². The topological polar surface area (TPSA) is 29.1 Å². The number of carbonyl (C=O) groups excluding carboxylic acids is 1. The van der Waals surface area contributed by atoms with Gasteiger partial charge in [0.25, 0.3) is 5.91 Å². The molecule has 0 saturated heterocycles. The van der Waals surface area contributed by atoms with E-state index in [0.717, 1.165) is 17.7 Å². The summed E-state index contributed by atoms with van der Waals surface area (Å²) in [5.41, 5.74) is 0.555. The van der Waals surface area contributed by atoms with Gasteiger partial charge in [-0.25, -0.2) is 4.39 Å². The van der Waals surface area contributed by atoms with Crippen LogP contribution in [0.4, 0.5) is 4.39 Å². The summed E-state index contributed by atoms with van der Waals surface area (Å²) in [4.78, 5) is 13.7. The minimum absolute atomic E-state index is 0.0329. The highest BCUT2D eigenvalue weighted by molar-refractivity contribution is 7.17. The molecule has 110 valence electrons. The average Bonchev–Trinajstić information content (AvgIpc) is 2.98. The van der Waals surface area contributed by atoms with Gasteiger partial charge in [-0.05, 0) is 31.0 Å². The van der Waals surface area contributed by atoms with Gasteiger partial charge < -0.3 is 5.32 Å². The summed E-state index contributed by atoms with van der Waals surface area (Å²) in [6.45, 7) is 0. The average molecular weight is 303 g/mol. The van der Waals surface area contributed by atoms with Crippen LogP contribution < -0.4 is 5.32 Å². The molecule has 2 aromatic rings. The zero-order valence-corrected chi connectivity index (χ0v) is 12.6. The maximum atomic E-state index is 13.8. The van der Waals surface area contributed by atoms with E-state index in [1.54, 1.807) is 24.3 Å². The van der Waals surface area contributed by atoms with Gasteiger partial charge in [0, 0.05) is 16.5 Å². The molecule has 4 heteroatoms. The van der Waals surface area contributed by atoms with Crippen LogP contribution in [-0.2, 0) is 0 Å². The van der Waals surface area contributed by atoms with Crippen LogP contribution in [0, 0.1) is 5.82 Å². The number of halogens is 1. The SMILES string of the molecule is O=C(NC1CCCCC1)c1ccc(-c2ccccc2F)s1. The molecular formula is C17H18FNOS. The molecule has 1 aromatic carbocycles. The van der Waals surface area contributed by atoms with Crippen molar-refractivity contribution in [1.82, 2.24) is 5.32 Å². The van der Waals surface area contributed by atoms with E-state index >= 15 is 0 Å². The molecule has 1 fully saturated rings. The standard InChI is InChI=1S/C17H18FNOS/c18-14-9-5-4-8-13(14)15-10-11-16(21-15)17(20)19-12-6-2-1-3-7-12/h4-5,8-12H,1-3,6-7H2,(H,19,20). The molecule has 0 atom stereocenters. The zero-order valence-electron chi connectivity index (χ0n) is 11.8. The second-order valence-electron chi connectivity index (χ2n) is 5.45. The molecule has 0 bridgehead atoms. The minimum Gasteiger partial charge on any atom is -0.349 e. The van der Waals surface area contributed by atoms with Crippen molar-refractivity contribution < 1.29 is 9.18 Å². The molecule has 1 saturated carbocycles. The van der Waals surface area contributed by atoms with Gasteiger partial charge in [-0.3, -0.25) is 4.79 Å². The Morgan fingerprint density at radius 2 is 1.86 bits per heavy atom. The lowest BCUT2D eigenvalue weighted by molar-refractivity contribution is 0.0932. The summed E-state index contributed by atoms with van der Waals surface area (Å²) in [6, 6.07) is 10.6. The molecule has 1 N–H and O–H groups in total. The highest BCUT2D eigenvalue weighted by Crippen LogP contribution is 2.30. The van der Waals surface area contributed by atoms with Crippen molar-refractivity contribution in [3.05, 3.63) is 47.1 Å². The molecule has 0 aliphatic heterocycles. The summed E-state index contributed by atoms with van der Waals surface area (Å²) < 4.78 is 13.8. The molecule has 1 aliphatic rings. The number of hydrogen-bond donors (Lipinski definition) is 1. The summed E-state index contributed by atoms with van der Waals surface area (Å²) >= 11 is 1.34. The molecule has 2 nitrogen and oxygen atoms in total. The monoisotopic (exact) mass is 303 g/mol. The number of carbonyl (C=O) groups is 1. The largest absolute Gasteiger partial charge is 0.349 e. The van der Waals surface area contributed by atoms with E-state index in [1.165, 1.54) is 36.7 Å². The number of nitrogens with one attached hydrogen (secondary N) is 1. The summed E-state index contributed by atoms with van der Waals surface area (Å²) in [7, 11) is 0. The second-order valence-corrected chi connectivity index (χ2v) is 6.54. The first-order valence-electron chi connectivity index (χ1n) is 7.39. The molecule has 0 unspecified atom stereocenters. The van der Waals surface area contributed by atoms with Gasteiger partial charge >= 0.3 is 0 Å². The molecule has 21 heavy (non-hydrogen) atoms. The molecule has 0 radical (unpaired) electrons. The second kappa shape index (κ2) is 6.39. The molecule has 1 amide bonds. The van der Waals surface area contributed by atoms with E-state index in [4.69, 9.17) is 0 Å². The molecule has 1 aliphatic carbocycles. The van der Waals surface area contributed by atoms with Crippen molar-refractivity contribution in [2.45, 2.75) is 38.1 Å². The Bertz CT molecular complexity index is 631. The van der Waals surface area contributed by atoms with Gasteiger partial charge in [0.05, 0.1) is 4.88 Å². The van der Waals surface area contributed by atoms with E-state index in [0.29, 0.717) is 16.5 Å². The smallest absolute Gasteiger partial charge is 0.261 e. The number of benzene rings is 1. The van der Waals surface area contributed by atoms with Gasteiger partial charge in [0.15, 0.2) is 0 Å². The highest BCUT2D eigenvalue weighted by Gasteiger charge is 2.18. The normalized spacial score (nSPS) is 15.9. The first-order valence-corrected chi connectivity index (χ1v) is 8.21. The summed E-state index contributed by atoms with van der Waals surface area (Å²) in [6.07, 6.45) is 5.78. The van der Waals surface area contributed by atoms with Crippen molar-refractivity contribution in [3.8, 4) is 10.4 Å². The fraction of sp³-hybridized carbons (Fsp3) is 0.353. The molecule has 3 rings (SSSR count). The quantitative estimate of drug-likeness (QED) is 0.881. The summed E-state index contributed by atoms with van der Waals surface area (Å²) in [5.74, 6) is -0.284. The van der Waals surface area contributed by atoms with Gasteiger partial charge in [-0.15, -0.1) is 11.3 Å². The Kier molecular flexibility index (Phi) is 4.34. The van der Waals surface area contributed by atoms with Gasteiger partial charge in [-0.1, -0.05) is 37.5 Å². The Hall–Kier alpha value is -1.68. The Balaban J connectivity index is 1.72. The van der Waals surface area contributed by atoms with Gasteiger partial charge in [0.2, 0.25) is 0 Å². The number of hydrogen-bond acceptors (Lipinski definition) is 2. The van der Waals surface area contributed by atoms with Gasteiger partial charge in [0.1, 0.15) is 5.82 Å². The van der Waals surface area contributed by atoms with Crippen molar-refractivity contribution in [2.75, 3.05) is 0 Å². The van der Waals surface area contributed by atoms with E-state index in [-0.39, 0.29) is 11.7 Å². The Morgan fingerprint density at radius 1 is 1.10 bits per heavy atom. The lowest BCUT2D eigenvalue weighted by Gasteiger charge is -2.22. The predicted octanol–water partition coefficient (Wildman–Crippen LogP) is 4.62. The van der Waals surface area contributed by atoms with Gasteiger partial charge in [-0.2, -0.15) is 0 Å². The van der Waals surface area contributed by atoms with Crippen molar-refractivity contribution in [1.29, 1.82) is 0 Å².